The van der Waals surface area contributed by atoms with E-state index in [9.17, 15) is 4.79 Å². The maximum atomic E-state index is 12.7. The summed E-state index contributed by atoms with van der Waals surface area (Å²) >= 11 is 0. The molecule has 1 atom stereocenters. The second-order valence-electron chi connectivity index (χ2n) is 8.23. The molecule has 5 heteroatoms. The Morgan fingerprint density at radius 3 is 2.53 bits per heavy atom. The third kappa shape index (κ3) is 5.21. The van der Waals surface area contributed by atoms with E-state index >= 15 is 0 Å². The SMILES string of the molecule is COc1ccc(C(CNC(=O)Cc2ccc3c(c2)CCCC3)N2CCOCC2)cc1. The van der Waals surface area contributed by atoms with E-state index in [1.807, 2.05) is 12.1 Å². The van der Waals surface area contributed by atoms with Gasteiger partial charge in [-0.25, -0.2) is 0 Å². The number of nitrogens with zero attached hydrogens (tertiary/aromatic N) is 1. The van der Waals surface area contributed by atoms with Gasteiger partial charge in [0.05, 0.1) is 32.8 Å². The van der Waals surface area contributed by atoms with Gasteiger partial charge in [-0.05, 0) is 60.1 Å². The van der Waals surface area contributed by atoms with E-state index < -0.39 is 0 Å². The summed E-state index contributed by atoms with van der Waals surface area (Å²) in [6.45, 7) is 3.80. The number of carbonyl (C=O) groups excluding carboxylic acids is 1. The molecule has 1 fully saturated rings. The smallest absolute Gasteiger partial charge is 0.224 e. The molecule has 1 heterocycles. The van der Waals surface area contributed by atoms with Gasteiger partial charge in [-0.3, -0.25) is 9.69 Å². The summed E-state index contributed by atoms with van der Waals surface area (Å²) in [4.78, 5) is 15.1. The average molecular weight is 409 g/mol. The van der Waals surface area contributed by atoms with Crippen LogP contribution in [0.2, 0.25) is 0 Å². The normalized spacial score (nSPS) is 17.8. The fraction of sp³-hybridized carbons (Fsp3) is 0.480. The van der Waals surface area contributed by atoms with E-state index in [0.717, 1.165) is 44.0 Å². The molecule has 2 aromatic carbocycles. The van der Waals surface area contributed by atoms with Crippen molar-refractivity contribution in [3.8, 4) is 5.75 Å². The maximum Gasteiger partial charge on any atom is 0.224 e. The van der Waals surface area contributed by atoms with Crippen LogP contribution in [-0.4, -0.2) is 50.8 Å². The zero-order chi connectivity index (χ0) is 20.8. The van der Waals surface area contributed by atoms with Gasteiger partial charge in [0.15, 0.2) is 0 Å². The van der Waals surface area contributed by atoms with Crippen molar-refractivity contribution in [2.24, 2.45) is 0 Å². The number of amides is 1. The number of hydrogen-bond acceptors (Lipinski definition) is 4. The molecule has 1 N–H and O–H groups in total. The van der Waals surface area contributed by atoms with Crippen molar-refractivity contribution in [2.75, 3.05) is 40.0 Å². The monoisotopic (exact) mass is 408 g/mol. The van der Waals surface area contributed by atoms with Crippen LogP contribution in [0.4, 0.5) is 0 Å². The Bertz CT molecular complexity index is 844. The molecule has 160 valence electrons. The van der Waals surface area contributed by atoms with Crippen LogP contribution < -0.4 is 10.1 Å². The first kappa shape index (κ1) is 20.9. The van der Waals surface area contributed by atoms with Gasteiger partial charge in [0.1, 0.15) is 5.75 Å². The van der Waals surface area contributed by atoms with Crippen molar-refractivity contribution in [3.63, 3.8) is 0 Å². The Kier molecular flexibility index (Phi) is 7.03. The maximum absolute atomic E-state index is 12.7. The van der Waals surface area contributed by atoms with Crippen molar-refractivity contribution in [1.29, 1.82) is 0 Å². The van der Waals surface area contributed by atoms with Crippen LogP contribution in [0.15, 0.2) is 42.5 Å². The van der Waals surface area contributed by atoms with Crippen LogP contribution in [0.25, 0.3) is 0 Å². The van der Waals surface area contributed by atoms with Crippen LogP contribution in [-0.2, 0) is 28.8 Å². The van der Waals surface area contributed by atoms with Crippen molar-refractivity contribution < 1.29 is 14.3 Å². The van der Waals surface area contributed by atoms with Gasteiger partial charge < -0.3 is 14.8 Å². The summed E-state index contributed by atoms with van der Waals surface area (Å²) in [5, 5.41) is 3.18. The standard InChI is InChI=1S/C25H32N2O3/c1-29-23-10-8-21(9-11-23)24(27-12-14-30-15-13-27)18-26-25(28)17-19-6-7-20-4-2-3-5-22(20)16-19/h6-11,16,24H,2-5,12-15,17-18H2,1H3,(H,26,28). The molecule has 1 saturated heterocycles. The van der Waals surface area contributed by atoms with Crippen LogP contribution in [0, 0.1) is 0 Å². The average Bonchev–Trinajstić information content (AvgIpc) is 2.80. The van der Waals surface area contributed by atoms with Crippen molar-refractivity contribution in [3.05, 3.63) is 64.7 Å². The van der Waals surface area contributed by atoms with Crippen LogP contribution >= 0.6 is 0 Å². The first-order valence-electron chi connectivity index (χ1n) is 11.1. The van der Waals surface area contributed by atoms with Crippen molar-refractivity contribution >= 4 is 5.91 Å². The molecular formula is C25H32N2O3. The van der Waals surface area contributed by atoms with Crippen LogP contribution in [0.1, 0.15) is 41.1 Å². The third-order valence-corrected chi connectivity index (χ3v) is 6.26. The number of carbonyl (C=O) groups is 1. The fourth-order valence-corrected chi connectivity index (χ4v) is 4.53. The van der Waals surface area contributed by atoms with Gasteiger partial charge in [0.25, 0.3) is 0 Å². The van der Waals surface area contributed by atoms with E-state index in [0.29, 0.717) is 13.0 Å². The Hall–Kier alpha value is -2.37. The number of ether oxygens (including phenoxy) is 2. The lowest BCUT2D eigenvalue weighted by molar-refractivity contribution is -0.120. The van der Waals surface area contributed by atoms with Gasteiger partial charge >= 0.3 is 0 Å². The van der Waals surface area contributed by atoms with Gasteiger partial charge in [-0.15, -0.1) is 0 Å². The minimum atomic E-state index is 0.0810. The summed E-state index contributed by atoms with van der Waals surface area (Å²) < 4.78 is 10.8. The molecule has 1 amide bonds. The molecule has 0 aromatic heterocycles. The third-order valence-electron chi connectivity index (χ3n) is 6.26. The summed E-state index contributed by atoms with van der Waals surface area (Å²) in [5.74, 6) is 0.924. The molecule has 1 aliphatic carbocycles. The zero-order valence-corrected chi connectivity index (χ0v) is 17.9. The van der Waals surface area contributed by atoms with Gasteiger partial charge in [-0.1, -0.05) is 30.3 Å². The summed E-state index contributed by atoms with van der Waals surface area (Å²) in [7, 11) is 1.68. The Morgan fingerprint density at radius 1 is 1.07 bits per heavy atom. The number of hydrogen-bond donors (Lipinski definition) is 1. The molecule has 30 heavy (non-hydrogen) atoms. The number of morpholine rings is 1. The minimum absolute atomic E-state index is 0.0810. The molecule has 0 radical (unpaired) electrons. The first-order chi connectivity index (χ1) is 14.7. The largest absolute Gasteiger partial charge is 0.497 e. The quantitative estimate of drug-likeness (QED) is 0.764. The number of benzene rings is 2. The first-order valence-corrected chi connectivity index (χ1v) is 11.1. The highest BCUT2D eigenvalue weighted by molar-refractivity contribution is 5.78. The highest BCUT2D eigenvalue weighted by Crippen LogP contribution is 2.24. The molecule has 0 bridgehead atoms. The van der Waals surface area contributed by atoms with Gasteiger partial charge in [0, 0.05) is 19.6 Å². The van der Waals surface area contributed by atoms with E-state index in [4.69, 9.17) is 9.47 Å². The van der Waals surface area contributed by atoms with Crippen LogP contribution in [0.5, 0.6) is 5.75 Å². The number of fused-ring (bicyclic) bond motifs is 1. The lowest BCUT2D eigenvalue weighted by Crippen LogP contribution is -2.44. The molecule has 1 aliphatic heterocycles. The second kappa shape index (κ2) is 10.1. The lowest BCUT2D eigenvalue weighted by Gasteiger charge is -2.35. The molecule has 5 nitrogen and oxygen atoms in total. The van der Waals surface area contributed by atoms with Crippen molar-refractivity contribution in [2.45, 2.75) is 38.1 Å². The summed E-state index contributed by atoms with van der Waals surface area (Å²) in [5.41, 5.74) is 5.18. The van der Waals surface area contributed by atoms with Gasteiger partial charge in [-0.2, -0.15) is 0 Å². The highest BCUT2D eigenvalue weighted by Gasteiger charge is 2.23. The Labute approximate surface area is 179 Å². The zero-order valence-electron chi connectivity index (χ0n) is 17.9. The lowest BCUT2D eigenvalue weighted by atomic mass is 9.90. The number of rotatable bonds is 7. The fourth-order valence-electron chi connectivity index (χ4n) is 4.53. The van der Waals surface area contributed by atoms with E-state index in [2.05, 4.69) is 40.5 Å². The number of methoxy groups -OCH3 is 1. The summed E-state index contributed by atoms with van der Waals surface area (Å²) in [6, 6.07) is 14.8. The second-order valence-corrected chi connectivity index (χ2v) is 8.23. The Morgan fingerprint density at radius 2 is 1.80 bits per heavy atom. The molecule has 2 aromatic rings. The molecule has 4 rings (SSSR count). The minimum Gasteiger partial charge on any atom is -0.497 e. The van der Waals surface area contributed by atoms with Gasteiger partial charge in [0.2, 0.25) is 5.91 Å². The van der Waals surface area contributed by atoms with Crippen LogP contribution in [0.3, 0.4) is 0 Å². The number of aryl methyl sites for hydroxylation is 2. The molecule has 0 saturated carbocycles. The summed E-state index contributed by atoms with van der Waals surface area (Å²) in [6.07, 6.45) is 5.28. The van der Waals surface area contributed by atoms with E-state index in [1.165, 1.54) is 36.0 Å². The topological polar surface area (TPSA) is 50.8 Å². The molecular weight excluding hydrogens is 376 g/mol. The number of nitrogens with one attached hydrogen (secondary N) is 1. The van der Waals surface area contributed by atoms with E-state index in [1.54, 1.807) is 7.11 Å². The van der Waals surface area contributed by atoms with Crippen molar-refractivity contribution in [1.82, 2.24) is 10.2 Å². The molecule has 2 aliphatic rings. The predicted molar refractivity (Wildman–Crippen MR) is 118 cm³/mol. The Balaban J connectivity index is 1.40. The molecule has 1 unspecified atom stereocenters. The predicted octanol–water partition coefficient (Wildman–Crippen LogP) is 3.31. The highest BCUT2D eigenvalue weighted by atomic mass is 16.5. The molecule has 0 spiro atoms. The van der Waals surface area contributed by atoms with E-state index in [-0.39, 0.29) is 11.9 Å².